The number of aromatic nitrogens is 3. The first-order valence-corrected chi connectivity index (χ1v) is 4.35. The van der Waals surface area contributed by atoms with Crippen molar-refractivity contribution in [2.75, 3.05) is 0 Å². The minimum atomic E-state index is -0.000488. The van der Waals surface area contributed by atoms with Gasteiger partial charge in [0.2, 0.25) is 0 Å². The lowest BCUT2D eigenvalue weighted by Gasteiger charge is -2.61. The molecule has 12 heavy (non-hydrogen) atoms. The molecule has 2 bridgehead atoms. The van der Waals surface area contributed by atoms with E-state index < -0.39 is 0 Å². The highest BCUT2D eigenvalue weighted by atomic mass is 16.3. The monoisotopic (exact) mass is 165 g/mol. The molecule has 0 saturated heterocycles. The van der Waals surface area contributed by atoms with Crippen LogP contribution in [-0.4, -0.2) is 20.1 Å². The number of hydrogen-bond acceptors (Lipinski definition) is 3. The lowest BCUT2D eigenvalue weighted by atomic mass is 9.50. The highest BCUT2D eigenvalue weighted by molar-refractivity contribution is 5.12. The zero-order valence-electron chi connectivity index (χ0n) is 6.77. The van der Waals surface area contributed by atoms with Crippen LogP contribution in [0.25, 0.3) is 0 Å². The van der Waals surface area contributed by atoms with Crippen LogP contribution in [0.15, 0.2) is 6.20 Å². The molecule has 0 atom stereocenters. The molecule has 0 aliphatic heterocycles. The molecule has 0 aromatic carbocycles. The molecule has 3 fully saturated rings. The largest absolute Gasteiger partial charge is 0.390 e. The van der Waals surface area contributed by atoms with E-state index in [1.807, 2.05) is 10.9 Å². The first kappa shape index (κ1) is 6.60. The fourth-order valence-electron chi connectivity index (χ4n) is 2.32. The molecule has 64 valence electrons. The minimum Gasteiger partial charge on any atom is -0.390 e. The average Bonchev–Trinajstić information content (AvgIpc) is 2.29. The number of hydrogen-bond donors (Lipinski definition) is 1. The van der Waals surface area contributed by atoms with E-state index in [1.54, 1.807) is 0 Å². The van der Waals surface area contributed by atoms with E-state index in [2.05, 4.69) is 10.3 Å². The van der Waals surface area contributed by atoms with E-state index >= 15 is 0 Å². The highest BCUT2D eigenvalue weighted by Crippen LogP contribution is 2.61. The van der Waals surface area contributed by atoms with Crippen molar-refractivity contribution < 1.29 is 5.11 Å². The molecule has 1 N–H and O–H groups in total. The normalized spacial score (nSPS) is 37.2. The summed E-state index contributed by atoms with van der Waals surface area (Å²) < 4.78 is 1.94. The van der Waals surface area contributed by atoms with Gasteiger partial charge in [-0.1, -0.05) is 5.21 Å². The number of rotatable bonds is 2. The van der Waals surface area contributed by atoms with Crippen molar-refractivity contribution in [2.24, 2.45) is 5.92 Å². The first-order chi connectivity index (χ1) is 5.82. The van der Waals surface area contributed by atoms with Gasteiger partial charge in [0.15, 0.2) is 0 Å². The topological polar surface area (TPSA) is 50.9 Å². The molecule has 0 unspecified atom stereocenters. The Balaban J connectivity index is 1.91. The van der Waals surface area contributed by atoms with Crippen LogP contribution in [0.2, 0.25) is 0 Å². The van der Waals surface area contributed by atoms with Crippen LogP contribution in [0.3, 0.4) is 0 Å². The molecular weight excluding hydrogens is 154 g/mol. The lowest BCUT2D eigenvalue weighted by Crippen LogP contribution is -2.59. The summed E-state index contributed by atoms with van der Waals surface area (Å²) in [6.45, 7) is -0.000488. The van der Waals surface area contributed by atoms with Crippen molar-refractivity contribution in [1.82, 2.24) is 15.0 Å². The number of nitrogens with zero attached hydrogens (tertiary/aromatic N) is 3. The van der Waals surface area contributed by atoms with Crippen molar-refractivity contribution in [3.8, 4) is 0 Å². The van der Waals surface area contributed by atoms with Crippen LogP contribution in [-0.2, 0) is 12.1 Å². The predicted molar refractivity (Wildman–Crippen MR) is 41.3 cm³/mol. The van der Waals surface area contributed by atoms with Crippen LogP contribution >= 0.6 is 0 Å². The van der Waals surface area contributed by atoms with E-state index in [9.17, 15) is 0 Å². The molecular formula is C8H11N3O. The van der Waals surface area contributed by atoms with Gasteiger partial charge >= 0.3 is 0 Å². The van der Waals surface area contributed by atoms with Gasteiger partial charge in [0, 0.05) is 0 Å². The molecule has 3 aliphatic rings. The Bertz CT molecular complexity index is 303. The molecule has 4 rings (SSSR count). The van der Waals surface area contributed by atoms with Crippen molar-refractivity contribution in [2.45, 2.75) is 31.4 Å². The Morgan fingerprint density at radius 2 is 2.33 bits per heavy atom. The summed E-state index contributed by atoms with van der Waals surface area (Å²) in [6.07, 6.45) is 5.67. The van der Waals surface area contributed by atoms with E-state index in [0.717, 1.165) is 5.92 Å². The van der Waals surface area contributed by atoms with Crippen LogP contribution in [0.5, 0.6) is 0 Å². The highest BCUT2D eigenvalue weighted by Gasteiger charge is 2.58. The average molecular weight is 165 g/mol. The Morgan fingerprint density at radius 1 is 1.58 bits per heavy atom. The molecule has 1 heterocycles. The Morgan fingerprint density at radius 3 is 2.75 bits per heavy atom. The van der Waals surface area contributed by atoms with Gasteiger partial charge in [0.05, 0.1) is 18.3 Å². The van der Waals surface area contributed by atoms with Crippen LogP contribution in [0.4, 0.5) is 0 Å². The lowest BCUT2D eigenvalue weighted by molar-refractivity contribution is -0.0989. The summed E-state index contributed by atoms with van der Waals surface area (Å²) in [5, 5.41) is 16.7. The van der Waals surface area contributed by atoms with Gasteiger partial charge in [-0.05, 0) is 25.2 Å². The summed E-state index contributed by atoms with van der Waals surface area (Å²) >= 11 is 0. The standard InChI is InChI=1S/C8H11N3O/c12-5-7-4-11(10-9-7)8-1-6(2-8)3-8/h4,6,12H,1-3,5H2. The zero-order valence-corrected chi connectivity index (χ0v) is 6.77. The van der Waals surface area contributed by atoms with Gasteiger partial charge in [-0.25, -0.2) is 4.68 Å². The third kappa shape index (κ3) is 0.617. The van der Waals surface area contributed by atoms with Crippen molar-refractivity contribution in [1.29, 1.82) is 0 Å². The van der Waals surface area contributed by atoms with E-state index in [0.29, 0.717) is 11.2 Å². The van der Waals surface area contributed by atoms with Crippen molar-refractivity contribution >= 4 is 0 Å². The van der Waals surface area contributed by atoms with Gasteiger partial charge < -0.3 is 5.11 Å². The van der Waals surface area contributed by atoms with Crippen molar-refractivity contribution in [3.05, 3.63) is 11.9 Å². The van der Waals surface area contributed by atoms with Gasteiger partial charge in [-0.2, -0.15) is 0 Å². The van der Waals surface area contributed by atoms with Crippen LogP contribution in [0.1, 0.15) is 25.0 Å². The van der Waals surface area contributed by atoms with Crippen molar-refractivity contribution in [3.63, 3.8) is 0 Å². The second-order valence-corrected chi connectivity index (χ2v) is 4.02. The van der Waals surface area contributed by atoms with E-state index in [-0.39, 0.29) is 6.61 Å². The molecule has 4 nitrogen and oxygen atoms in total. The Hall–Kier alpha value is -0.900. The summed E-state index contributed by atoms with van der Waals surface area (Å²) in [5.41, 5.74) is 0.991. The fraction of sp³-hybridized carbons (Fsp3) is 0.750. The molecule has 1 aromatic heterocycles. The molecule has 1 aromatic rings. The fourth-order valence-corrected chi connectivity index (χ4v) is 2.32. The maximum atomic E-state index is 8.80. The molecule has 3 saturated carbocycles. The third-order valence-corrected chi connectivity index (χ3v) is 3.19. The SMILES string of the molecule is OCc1cn(C23CC(C2)C3)nn1. The second-order valence-electron chi connectivity index (χ2n) is 4.02. The van der Waals surface area contributed by atoms with Gasteiger partial charge in [-0.15, -0.1) is 5.10 Å². The first-order valence-electron chi connectivity index (χ1n) is 4.35. The Labute approximate surface area is 70.2 Å². The molecule has 0 radical (unpaired) electrons. The number of aliphatic hydroxyl groups excluding tert-OH is 1. The smallest absolute Gasteiger partial charge is 0.108 e. The molecule has 3 aliphatic carbocycles. The summed E-state index contributed by atoms with van der Waals surface area (Å²) in [4.78, 5) is 0. The summed E-state index contributed by atoms with van der Waals surface area (Å²) in [5.74, 6) is 0.951. The molecule has 4 heteroatoms. The quantitative estimate of drug-likeness (QED) is 0.684. The third-order valence-electron chi connectivity index (χ3n) is 3.19. The minimum absolute atomic E-state index is 0.000488. The second kappa shape index (κ2) is 1.88. The van der Waals surface area contributed by atoms with Gasteiger partial charge in [0.1, 0.15) is 5.69 Å². The van der Waals surface area contributed by atoms with Crippen LogP contribution < -0.4 is 0 Å². The summed E-state index contributed by atoms with van der Waals surface area (Å²) in [6, 6.07) is 0. The predicted octanol–water partition coefficient (Wildman–Crippen LogP) is 0.279. The maximum Gasteiger partial charge on any atom is 0.108 e. The maximum absolute atomic E-state index is 8.80. The van der Waals surface area contributed by atoms with E-state index in [4.69, 9.17) is 5.11 Å². The number of aliphatic hydroxyl groups is 1. The zero-order chi connectivity index (χ0) is 8.18. The molecule has 0 spiro atoms. The van der Waals surface area contributed by atoms with Gasteiger partial charge in [0.25, 0.3) is 0 Å². The van der Waals surface area contributed by atoms with Gasteiger partial charge in [-0.3, -0.25) is 0 Å². The van der Waals surface area contributed by atoms with E-state index in [1.165, 1.54) is 19.3 Å². The van der Waals surface area contributed by atoms with Crippen LogP contribution in [0, 0.1) is 5.92 Å². The Kier molecular flexibility index (Phi) is 1.03. The molecule has 0 amide bonds. The summed E-state index contributed by atoms with van der Waals surface area (Å²) in [7, 11) is 0.